The van der Waals surface area contributed by atoms with Crippen molar-refractivity contribution in [3.63, 3.8) is 0 Å². The molecule has 0 saturated carbocycles. The van der Waals surface area contributed by atoms with Crippen LogP contribution in [0, 0.1) is 6.92 Å². The molecule has 6 nitrogen and oxygen atoms in total. The van der Waals surface area contributed by atoms with Crippen molar-refractivity contribution in [2.75, 3.05) is 20.3 Å². The number of hydrogen-bond acceptors (Lipinski definition) is 5. The van der Waals surface area contributed by atoms with Gasteiger partial charge in [0, 0.05) is 17.7 Å². The molecule has 0 unspecified atom stereocenters. The highest BCUT2D eigenvalue weighted by atomic mass is 35.5. The minimum Gasteiger partial charge on any atom is -0.460 e. The zero-order valence-electron chi connectivity index (χ0n) is 14.8. The summed E-state index contributed by atoms with van der Waals surface area (Å²) >= 11 is 12.1. The predicted molar refractivity (Wildman–Crippen MR) is 104 cm³/mol. The van der Waals surface area contributed by atoms with Gasteiger partial charge >= 0.3 is 6.01 Å². The number of carbonyl (C=O) groups is 1. The van der Waals surface area contributed by atoms with Gasteiger partial charge in [0.05, 0.1) is 17.2 Å². The monoisotopic (exact) mass is 405 g/mol. The number of aromatic nitrogens is 3. The van der Waals surface area contributed by atoms with Crippen LogP contribution >= 0.6 is 23.2 Å². The molecule has 2 aromatic carbocycles. The Balaban J connectivity index is 2.03. The molecule has 3 aromatic rings. The zero-order chi connectivity index (χ0) is 19.4. The molecule has 1 heterocycles. The van der Waals surface area contributed by atoms with Crippen LogP contribution in [0.25, 0.3) is 11.4 Å². The molecule has 1 aromatic heterocycles. The summed E-state index contributed by atoms with van der Waals surface area (Å²) in [6, 6.07) is 12.3. The normalized spacial score (nSPS) is 10.8. The molecule has 27 heavy (non-hydrogen) atoms. The average molecular weight is 406 g/mol. The van der Waals surface area contributed by atoms with E-state index in [4.69, 9.17) is 32.7 Å². The lowest BCUT2D eigenvalue weighted by Gasteiger charge is -2.07. The number of aryl methyl sites for hydroxylation is 1. The number of ether oxygens (including phenoxy) is 2. The lowest BCUT2D eigenvalue weighted by atomic mass is 10.1. The van der Waals surface area contributed by atoms with Gasteiger partial charge in [0.25, 0.3) is 5.91 Å². The van der Waals surface area contributed by atoms with Crippen molar-refractivity contribution in [2.45, 2.75) is 6.92 Å². The van der Waals surface area contributed by atoms with E-state index in [1.807, 2.05) is 31.2 Å². The van der Waals surface area contributed by atoms with Crippen molar-refractivity contribution < 1.29 is 14.3 Å². The molecule has 0 atom stereocenters. The maximum Gasteiger partial charge on any atom is 0.336 e. The first-order valence-corrected chi connectivity index (χ1v) is 8.91. The Morgan fingerprint density at radius 1 is 1.11 bits per heavy atom. The van der Waals surface area contributed by atoms with Gasteiger partial charge in [0.2, 0.25) is 0 Å². The van der Waals surface area contributed by atoms with Crippen LogP contribution in [0.1, 0.15) is 15.9 Å². The molecular weight excluding hydrogens is 389 g/mol. The van der Waals surface area contributed by atoms with Gasteiger partial charge in [-0.25, -0.2) is 0 Å². The molecule has 0 aliphatic carbocycles. The standard InChI is InChI=1S/C19H17Cl2N3O3/c1-12-3-5-13(6-4-12)17-22-19(27-10-9-26-2)23-24(17)18(25)15-8-7-14(20)11-16(15)21/h3-8,11H,9-10H2,1-2H3. The van der Waals surface area contributed by atoms with Gasteiger partial charge < -0.3 is 9.47 Å². The Morgan fingerprint density at radius 2 is 1.85 bits per heavy atom. The Morgan fingerprint density at radius 3 is 2.52 bits per heavy atom. The molecule has 0 N–H and O–H groups in total. The van der Waals surface area contributed by atoms with Crippen LogP contribution < -0.4 is 4.74 Å². The van der Waals surface area contributed by atoms with E-state index in [2.05, 4.69) is 10.1 Å². The molecule has 0 amide bonds. The molecule has 0 bridgehead atoms. The van der Waals surface area contributed by atoms with Crippen molar-refractivity contribution in [1.29, 1.82) is 0 Å². The van der Waals surface area contributed by atoms with Crippen molar-refractivity contribution in [2.24, 2.45) is 0 Å². The van der Waals surface area contributed by atoms with Gasteiger partial charge in [0.1, 0.15) is 6.61 Å². The number of hydrogen-bond donors (Lipinski definition) is 0. The summed E-state index contributed by atoms with van der Waals surface area (Å²) in [5.41, 5.74) is 2.09. The number of rotatable bonds is 6. The van der Waals surface area contributed by atoms with E-state index in [1.54, 1.807) is 19.2 Å². The van der Waals surface area contributed by atoms with Crippen molar-refractivity contribution in [1.82, 2.24) is 14.8 Å². The fourth-order valence-corrected chi connectivity index (χ4v) is 2.87. The highest BCUT2D eigenvalue weighted by Crippen LogP contribution is 2.25. The zero-order valence-corrected chi connectivity index (χ0v) is 16.3. The van der Waals surface area contributed by atoms with Gasteiger partial charge in [-0.05, 0) is 25.1 Å². The molecule has 3 rings (SSSR count). The summed E-state index contributed by atoms with van der Waals surface area (Å²) in [6.07, 6.45) is 0. The van der Waals surface area contributed by atoms with Crippen LogP contribution in [0.4, 0.5) is 0 Å². The topological polar surface area (TPSA) is 66.2 Å². The second kappa shape index (κ2) is 8.52. The van der Waals surface area contributed by atoms with Crippen LogP contribution in [0.3, 0.4) is 0 Å². The van der Waals surface area contributed by atoms with E-state index in [0.29, 0.717) is 17.5 Å². The molecule has 0 aliphatic rings. The molecule has 140 valence electrons. The van der Waals surface area contributed by atoms with E-state index in [-0.39, 0.29) is 23.2 Å². The fraction of sp³-hybridized carbons (Fsp3) is 0.211. The van der Waals surface area contributed by atoms with Crippen LogP contribution in [0.5, 0.6) is 6.01 Å². The molecule has 8 heteroatoms. The summed E-state index contributed by atoms with van der Waals surface area (Å²) in [5, 5.41) is 4.89. The number of nitrogens with zero attached hydrogens (tertiary/aromatic N) is 3. The van der Waals surface area contributed by atoms with E-state index >= 15 is 0 Å². The highest BCUT2D eigenvalue weighted by molar-refractivity contribution is 6.36. The molecule has 0 aliphatic heterocycles. The second-order valence-electron chi connectivity index (χ2n) is 5.77. The first kappa shape index (κ1) is 19.4. The van der Waals surface area contributed by atoms with Crippen LogP contribution in [-0.4, -0.2) is 41.0 Å². The summed E-state index contributed by atoms with van der Waals surface area (Å²) < 4.78 is 11.6. The van der Waals surface area contributed by atoms with Gasteiger partial charge in [-0.2, -0.15) is 9.67 Å². The predicted octanol–water partition coefficient (Wildman–Crippen LogP) is 4.27. The van der Waals surface area contributed by atoms with E-state index in [9.17, 15) is 4.79 Å². The van der Waals surface area contributed by atoms with Crippen LogP contribution in [0.15, 0.2) is 42.5 Å². The van der Waals surface area contributed by atoms with Crippen molar-refractivity contribution in [3.05, 3.63) is 63.6 Å². The first-order valence-electron chi connectivity index (χ1n) is 8.15. The summed E-state index contributed by atoms with van der Waals surface area (Å²) in [7, 11) is 1.57. The van der Waals surface area contributed by atoms with Crippen molar-refractivity contribution in [3.8, 4) is 17.4 Å². The molecule has 0 spiro atoms. The fourth-order valence-electron chi connectivity index (χ4n) is 2.38. The van der Waals surface area contributed by atoms with Gasteiger partial charge in [-0.15, -0.1) is 5.10 Å². The third-order valence-corrected chi connectivity index (χ3v) is 4.32. The minimum atomic E-state index is -0.429. The van der Waals surface area contributed by atoms with E-state index in [0.717, 1.165) is 11.1 Å². The first-order chi connectivity index (χ1) is 13.0. The van der Waals surface area contributed by atoms with Gasteiger partial charge in [0.15, 0.2) is 5.82 Å². The third-order valence-electron chi connectivity index (χ3n) is 3.77. The average Bonchev–Trinajstić information content (AvgIpc) is 3.06. The number of methoxy groups -OCH3 is 1. The van der Waals surface area contributed by atoms with Crippen molar-refractivity contribution >= 4 is 29.1 Å². The lowest BCUT2D eigenvalue weighted by molar-refractivity contribution is 0.0943. The quantitative estimate of drug-likeness (QED) is 0.572. The largest absolute Gasteiger partial charge is 0.460 e. The Bertz CT molecular complexity index is 955. The summed E-state index contributed by atoms with van der Waals surface area (Å²) in [6.45, 7) is 2.63. The summed E-state index contributed by atoms with van der Waals surface area (Å²) in [5.74, 6) is -0.0697. The van der Waals surface area contributed by atoms with Gasteiger partial charge in [-0.3, -0.25) is 4.79 Å². The van der Waals surface area contributed by atoms with E-state index in [1.165, 1.54) is 10.7 Å². The van der Waals surface area contributed by atoms with Crippen LogP contribution in [0.2, 0.25) is 10.0 Å². The Kier molecular flexibility index (Phi) is 6.11. The molecule has 0 saturated heterocycles. The highest BCUT2D eigenvalue weighted by Gasteiger charge is 2.22. The second-order valence-corrected chi connectivity index (χ2v) is 6.61. The smallest absolute Gasteiger partial charge is 0.336 e. The maximum absolute atomic E-state index is 13.0. The van der Waals surface area contributed by atoms with E-state index < -0.39 is 5.91 Å². The molecular formula is C19H17Cl2N3O3. The maximum atomic E-state index is 13.0. The van der Waals surface area contributed by atoms with Gasteiger partial charge in [-0.1, -0.05) is 53.0 Å². The Hall–Kier alpha value is -2.41. The molecule has 0 radical (unpaired) electrons. The third kappa shape index (κ3) is 4.47. The van der Waals surface area contributed by atoms with Crippen LogP contribution in [-0.2, 0) is 4.74 Å². The SMILES string of the molecule is COCCOc1nc(-c2ccc(C)cc2)n(C(=O)c2ccc(Cl)cc2Cl)n1. The number of benzene rings is 2. The summed E-state index contributed by atoms with van der Waals surface area (Å²) in [4.78, 5) is 17.4. The number of carbonyl (C=O) groups excluding carboxylic acids is 1. The Labute approximate surface area is 166 Å². The minimum absolute atomic E-state index is 0.0843. The lowest BCUT2D eigenvalue weighted by Crippen LogP contribution is -2.16. The number of halogens is 2. The molecule has 0 fully saturated rings.